The van der Waals surface area contributed by atoms with Crippen LogP contribution in [0, 0.1) is 5.92 Å². The molecule has 2 amide bonds. The smallest absolute Gasteiger partial charge is 0.317 e. The van der Waals surface area contributed by atoms with Crippen molar-refractivity contribution >= 4 is 12.0 Å². The van der Waals surface area contributed by atoms with Crippen molar-refractivity contribution in [3.8, 4) is 0 Å². The van der Waals surface area contributed by atoms with Gasteiger partial charge in [0.2, 0.25) is 0 Å². The third-order valence-corrected chi connectivity index (χ3v) is 4.17. The van der Waals surface area contributed by atoms with E-state index in [0.29, 0.717) is 32.0 Å². The highest BCUT2D eigenvalue weighted by Crippen LogP contribution is 2.17. The Labute approximate surface area is 142 Å². The molecule has 1 aromatic rings. The molecular formula is C18H26N2O4. The average Bonchev–Trinajstić information content (AvgIpc) is 2.59. The quantitative estimate of drug-likeness (QED) is 0.716. The lowest BCUT2D eigenvalue weighted by molar-refractivity contribution is -0.137. The third-order valence-electron chi connectivity index (χ3n) is 4.17. The number of hydrogen-bond donors (Lipinski definition) is 2. The first-order chi connectivity index (χ1) is 11.6. The predicted molar refractivity (Wildman–Crippen MR) is 90.7 cm³/mol. The maximum absolute atomic E-state index is 12.5. The van der Waals surface area contributed by atoms with Crippen molar-refractivity contribution in [1.29, 1.82) is 0 Å². The topological polar surface area (TPSA) is 78.9 Å². The van der Waals surface area contributed by atoms with Gasteiger partial charge in [-0.3, -0.25) is 4.79 Å². The lowest BCUT2D eigenvalue weighted by Gasteiger charge is -2.30. The lowest BCUT2D eigenvalue weighted by Crippen LogP contribution is -2.43. The Morgan fingerprint density at radius 1 is 1.21 bits per heavy atom. The molecule has 1 aromatic carbocycles. The summed E-state index contributed by atoms with van der Waals surface area (Å²) in [4.78, 5) is 24.9. The van der Waals surface area contributed by atoms with Crippen LogP contribution < -0.4 is 5.32 Å². The second-order valence-corrected chi connectivity index (χ2v) is 6.15. The van der Waals surface area contributed by atoms with E-state index in [1.165, 1.54) is 0 Å². The molecule has 1 aliphatic rings. The van der Waals surface area contributed by atoms with Gasteiger partial charge in [-0.05, 0) is 30.7 Å². The highest BCUT2D eigenvalue weighted by Gasteiger charge is 2.21. The van der Waals surface area contributed by atoms with Crippen LogP contribution in [0.2, 0.25) is 0 Å². The molecule has 2 rings (SSSR count). The zero-order valence-corrected chi connectivity index (χ0v) is 13.9. The SMILES string of the molecule is O=C(O)CCCNC(=O)N(Cc1ccccc1)CC1CCOCC1. The number of nitrogens with one attached hydrogen (secondary N) is 1. The number of ether oxygens (including phenoxy) is 1. The molecule has 0 radical (unpaired) electrons. The van der Waals surface area contributed by atoms with E-state index in [1.54, 1.807) is 0 Å². The number of carbonyl (C=O) groups is 2. The Hall–Kier alpha value is -2.08. The number of rotatable bonds is 8. The van der Waals surface area contributed by atoms with Crippen LogP contribution in [0.5, 0.6) is 0 Å². The van der Waals surface area contributed by atoms with Gasteiger partial charge < -0.3 is 20.1 Å². The summed E-state index contributed by atoms with van der Waals surface area (Å²) in [6.07, 6.45) is 2.45. The van der Waals surface area contributed by atoms with Crippen molar-refractivity contribution in [3.63, 3.8) is 0 Å². The first-order valence-electron chi connectivity index (χ1n) is 8.51. The first kappa shape index (κ1) is 18.3. The molecular weight excluding hydrogens is 308 g/mol. The van der Waals surface area contributed by atoms with Gasteiger partial charge in [0, 0.05) is 39.3 Å². The summed E-state index contributed by atoms with van der Waals surface area (Å²) in [5.74, 6) is -0.389. The highest BCUT2D eigenvalue weighted by molar-refractivity contribution is 5.74. The minimum atomic E-state index is -0.840. The molecule has 1 aliphatic heterocycles. The normalized spacial score (nSPS) is 15.0. The molecule has 1 fully saturated rings. The van der Waals surface area contributed by atoms with E-state index in [0.717, 1.165) is 31.6 Å². The lowest BCUT2D eigenvalue weighted by atomic mass is 9.99. The van der Waals surface area contributed by atoms with Crippen LogP contribution >= 0.6 is 0 Å². The zero-order chi connectivity index (χ0) is 17.2. The van der Waals surface area contributed by atoms with E-state index in [4.69, 9.17) is 9.84 Å². The summed E-state index contributed by atoms with van der Waals surface area (Å²) in [5, 5.41) is 11.5. The molecule has 0 bridgehead atoms. The fourth-order valence-corrected chi connectivity index (χ4v) is 2.81. The molecule has 0 aliphatic carbocycles. The number of carbonyl (C=O) groups excluding carboxylic acids is 1. The number of benzene rings is 1. The molecule has 0 saturated carbocycles. The van der Waals surface area contributed by atoms with Gasteiger partial charge in [-0.25, -0.2) is 4.79 Å². The number of aliphatic carboxylic acids is 1. The van der Waals surface area contributed by atoms with Crippen LogP contribution in [0.3, 0.4) is 0 Å². The monoisotopic (exact) mass is 334 g/mol. The van der Waals surface area contributed by atoms with Crippen molar-refractivity contribution < 1.29 is 19.4 Å². The van der Waals surface area contributed by atoms with Crippen molar-refractivity contribution in [3.05, 3.63) is 35.9 Å². The van der Waals surface area contributed by atoms with Gasteiger partial charge in [0.25, 0.3) is 0 Å². The standard InChI is InChI=1S/C18H26N2O4/c21-17(22)7-4-10-19-18(23)20(13-15-5-2-1-3-6-15)14-16-8-11-24-12-9-16/h1-3,5-6,16H,4,7-14H2,(H,19,23)(H,21,22). The van der Waals surface area contributed by atoms with E-state index in [1.807, 2.05) is 35.2 Å². The second kappa shape index (κ2) is 9.93. The molecule has 1 heterocycles. The molecule has 0 atom stereocenters. The average molecular weight is 334 g/mol. The molecule has 2 N–H and O–H groups in total. The van der Waals surface area contributed by atoms with E-state index in [-0.39, 0.29) is 12.5 Å². The fourth-order valence-electron chi connectivity index (χ4n) is 2.81. The largest absolute Gasteiger partial charge is 0.481 e. The van der Waals surface area contributed by atoms with Gasteiger partial charge in [0.1, 0.15) is 0 Å². The maximum atomic E-state index is 12.5. The van der Waals surface area contributed by atoms with Gasteiger partial charge in [-0.2, -0.15) is 0 Å². The van der Waals surface area contributed by atoms with E-state index >= 15 is 0 Å². The van der Waals surface area contributed by atoms with Crippen LogP contribution in [0.4, 0.5) is 4.79 Å². The van der Waals surface area contributed by atoms with E-state index in [9.17, 15) is 9.59 Å². The van der Waals surface area contributed by atoms with Gasteiger partial charge in [-0.15, -0.1) is 0 Å². The van der Waals surface area contributed by atoms with Crippen LogP contribution in [0.15, 0.2) is 30.3 Å². The van der Waals surface area contributed by atoms with Gasteiger partial charge in [0.05, 0.1) is 0 Å². The van der Waals surface area contributed by atoms with E-state index < -0.39 is 5.97 Å². The maximum Gasteiger partial charge on any atom is 0.317 e. The summed E-state index contributed by atoms with van der Waals surface area (Å²) < 4.78 is 5.39. The Morgan fingerprint density at radius 2 is 1.92 bits per heavy atom. The summed E-state index contributed by atoms with van der Waals surface area (Å²) >= 11 is 0. The Morgan fingerprint density at radius 3 is 2.58 bits per heavy atom. The molecule has 6 nitrogen and oxygen atoms in total. The van der Waals surface area contributed by atoms with Crippen molar-refractivity contribution in [1.82, 2.24) is 10.2 Å². The van der Waals surface area contributed by atoms with Crippen LogP contribution in [0.25, 0.3) is 0 Å². The second-order valence-electron chi connectivity index (χ2n) is 6.15. The minimum absolute atomic E-state index is 0.0684. The zero-order valence-electron chi connectivity index (χ0n) is 13.9. The van der Waals surface area contributed by atoms with Crippen molar-refractivity contribution in [2.24, 2.45) is 5.92 Å². The van der Waals surface area contributed by atoms with Crippen LogP contribution in [-0.2, 0) is 16.1 Å². The number of carboxylic acids is 1. The molecule has 0 aromatic heterocycles. The summed E-state index contributed by atoms with van der Waals surface area (Å²) in [5.41, 5.74) is 1.09. The third kappa shape index (κ3) is 6.58. The van der Waals surface area contributed by atoms with Crippen molar-refractivity contribution in [2.45, 2.75) is 32.2 Å². The fraction of sp³-hybridized carbons (Fsp3) is 0.556. The summed E-state index contributed by atoms with van der Waals surface area (Å²) in [7, 11) is 0. The summed E-state index contributed by atoms with van der Waals surface area (Å²) in [6.45, 7) is 3.14. The number of amides is 2. The Balaban J connectivity index is 1.90. The molecule has 0 spiro atoms. The van der Waals surface area contributed by atoms with Crippen LogP contribution in [0.1, 0.15) is 31.2 Å². The molecule has 0 unspecified atom stereocenters. The number of urea groups is 1. The van der Waals surface area contributed by atoms with Gasteiger partial charge in [-0.1, -0.05) is 30.3 Å². The van der Waals surface area contributed by atoms with Gasteiger partial charge in [0.15, 0.2) is 0 Å². The van der Waals surface area contributed by atoms with Crippen molar-refractivity contribution in [2.75, 3.05) is 26.3 Å². The minimum Gasteiger partial charge on any atom is -0.481 e. The van der Waals surface area contributed by atoms with Gasteiger partial charge >= 0.3 is 12.0 Å². The highest BCUT2D eigenvalue weighted by atomic mass is 16.5. The van der Waals surface area contributed by atoms with E-state index in [2.05, 4.69) is 5.32 Å². The number of hydrogen-bond acceptors (Lipinski definition) is 3. The molecule has 24 heavy (non-hydrogen) atoms. The Bertz CT molecular complexity index is 515. The molecule has 6 heteroatoms. The van der Waals surface area contributed by atoms with Crippen LogP contribution in [-0.4, -0.2) is 48.3 Å². The summed E-state index contributed by atoms with van der Waals surface area (Å²) in [6, 6.07) is 9.77. The number of nitrogens with zero attached hydrogens (tertiary/aromatic N) is 1. The first-order valence-corrected chi connectivity index (χ1v) is 8.51. The molecule has 132 valence electrons. The number of carboxylic acid groups (broad SMARTS) is 1. The Kier molecular flexibility index (Phi) is 7.55. The molecule has 1 saturated heterocycles. The predicted octanol–water partition coefficient (Wildman–Crippen LogP) is 2.49.